The molecule has 0 saturated heterocycles. The van der Waals surface area contributed by atoms with Crippen LogP contribution in [-0.2, 0) is 19.3 Å². The molecular formula is C14H20O. The lowest BCUT2D eigenvalue weighted by Crippen LogP contribution is -2.03. The second-order valence-corrected chi connectivity index (χ2v) is 4.49. The van der Waals surface area contributed by atoms with E-state index in [1.807, 2.05) is 0 Å². The predicted octanol–water partition coefficient (Wildman–Crippen LogP) is 2.88. The Labute approximate surface area is 92.1 Å². The number of rotatable bonds is 4. The molecule has 0 heterocycles. The molecule has 0 spiro atoms. The number of fused-ring (bicyclic) bond motifs is 1. The molecule has 82 valence electrons. The molecule has 1 aromatic carbocycles. The van der Waals surface area contributed by atoms with Gasteiger partial charge in [-0.1, -0.05) is 18.2 Å². The van der Waals surface area contributed by atoms with Crippen LogP contribution in [0.2, 0.25) is 0 Å². The average molecular weight is 204 g/mol. The van der Waals surface area contributed by atoms with Crippen LogP contribution in [0.1, 0.15) is 42.4 Å². The lowest BCUT2D eigenvalue weighted by atomic mass is 9.89. The standard InChI is InChI=1S/C14H20O/c15-10-4-3-5-12-8-9-13-6-1-2-7-14(13)11-12/h8-9,11,15H,1-7,10H2. The van der Waals surface area contributed by atoms with Gasteiger partial charge in [0, 0.05) is 6.61 Å². The molecule has 0 atom stereocenters. The van der Waals surface area contributed by atoms with Crippen LogP contribution in [0, 0.1) is 0 Å². The highest BCUT2D eigenvalue weighted by Crippen LogP contribution is 2.22. The van der Waals surface area contributed by atoms with E-state index in [1.54, 1.807) is 11.1 Å². The molecule has 0 aromatic heterocycles. The molecule has 0 unspecified atom stereocenters. The van der Waals surface area contributed by atoms with Crippen molar-refractivity contribution in [1.82, 2.24) is 0 Å². The Kier molecular flexibility index (Phi) is 3.79. The van der Waals surface area contributed by atoms with Crippen molar-refractivity contribution >= 4 is 0 Å². The molecule has 0 bridgehead atoms. The molecular weight excluding hydrogens is 184 g/mol. The van der Waals surface area contributed by atoms with E-state index in [2.05, 4.69) is 18.2 Å². The minimum atomic E-state index is 0.324. The topological polar surface area (TPSA) is 20.2 Å². The first-order chi connectivity index (χ1) is 7.40. The maximum atomic E-state index is 8.74. The Morgan fingerprint density at radius 3 is 2.60 bits per heavy atom. The molecule has 2 rings (SSSR count). The van der Waals surface area contributed by atoms with Gasteiger partial charge in [-0.05, 0) is 61.6 Å². The van der Waals surface area contributed by atoms with Crippen LogP contribution in [0.4, 0.5) is 0 Å². The minimum Gasteiger partial charge on any atom is -0.396 e. The highest BCUT2D eigenvalue weighted by molar-refractivity contribution is 5.33. The van der Waals surface area contributed by atoms with Crippen LogP contribution >= 0.6 is 0 Å². The van der Waals surface area contributed by atoms with Gasteiger partial charge in [0.25, 0.3) is 0 Å². The van der Waals surface area contributed by atoms with Crippen LogP contribution in [0.3, 0.4) is 0 Å². The highest BCUT2D eigenvalue weighted by atomic mass is 16.2. The number of unbranched alkanes of at least 4 members (excludes halogenated alkanes) is 1. The average Bonchev–Trinajstić information content (AvgIpc) is 2.29. The van der Waals surface area contributed by atoms with Crippen molar-refractivity contribution in [3.63, 3.8) is 0 Å². The summed E-state index contributed by atoms with van der Waals surface area (Å²) in [6, 6.07) is 6.95. The first-order valence-corrected chi connectivity index (χ1v) is 6.11. The van der Waals surface area contributed by atoms with Gasteiger partial charge >= 0.3 is 0 Å². The molecule has 0 radical (unpaired) electrons. The van der Waals surface area contributed by atoms with Gasteiger partial charge in [-0.2, -0.15) is 0 Å². The predicted molar refractivity (Wildman–Crippen MR) is 63.1 cm³/mol. The van der Waals surface area contributed by atoms with Crippen molar-refractivity contribution in [2.24, 2.45) is 0 Å². The third kappa shape index (κ3) is 2.82. The summed E-state index contributed by atoms with van der Waals surface area (Å²) in [5.41, 5.74) is 4.58. The SMILES string of the molecule is OCCCCc1ccc2c(c1)CCCC2. The van der Waals surface area contributed by atoms with E-state index in [1.165, 1.54) is 31.2 Å². The summed E-state index contributed by atoms with van der Waals surface area (Å²) in [5, 5.41) is 8.74. The van der Waals surface area contributed by atoms with E-state index in [0.29, 0.717) is 6.61 Å². The summed E-state index contributed by atoms with van der Waals surface area (Å²) in [4.78, 5) is 0. The smallest absolute Gasteiger partial charge is 0.0431 e. The molecule has 1 aromatic rings. The molecule has 1 nitrogen and oxygen atoms in total. The summed E-state index contributed by atoms with van der Waals surface area (Å²) in [6.07, 6.45) is 8.40. The first-order valence-electron chi connectivity index (χ1n) is 6.11. The largest absolute Gasteiger partial charge is 0.396 e. The Bertz CT molecular complexity index is 317. The molecule has 0 aliphatic heterocycles. The van der Waals surface area contributed by atoms with Gasteiger partial charge in [-0.15, -0.1) is 0 Å². The molecule has 1 heteroatoms. The maximum absolute atomic E-state index is 8.74. The molecule has 0 amide bonds. The molecule has 1 N–H and O–H groups in total. The zero-order valence-corrected chi connectivity index (χ0v) is 9.34. The van der Waals surface area contributed by atoms with Gasteiger partial charge in [-0.3, -0.25) is 0 Å². The number of aliphatic hydroxyl groups is 1. The second kappa shape index (κ2) is 5.32. The number of aliphatic hydroxyl groups excluding tert-OH is 1. The zero-order valence-electron chi connectivity index (χ0n) is 9.34. The fraction of sp³-hybridized carbons (Fsp3) is 0.571. The van der Waals surface area contributed by atoms with Crippen LogP contribution in [0.25, 0.3) is 0 Å². The second-order valence-electron chi connectivity index (χ2n) is 4.49. The van der Waals surface area contributed by atoms with Gasteiger partial charge < -0.3 is 5.11 Å². The van der Waals surface area contributed by atoms with Crippen molar-refractivity contribution in [3.8, 4) is 0 Å². The number of benzene rings is 1. The van der Waals surface area contributed by atoms with E-state index in [4.69, 9.17) is 5.11 Å². The Morgan fingerprint density at radius 2 is 1.80 bits per heavy atom. The lowest BCUT2D eigenvalue weighted by molar-refractivity contribution is 0.284. The maximum Gasteiger partial charge on any atom is 0.0431 e. The van der Waals surface area contributed by atoms with Crippen LogP contribution in [0.15, 0.2) is 18.2 Å². The third-order valence-electron chi connectivity index (χ3n) is 3.29. The quantitative estimate of drug-likeness (QED) is 0.748. The van der Waals surface area contributed by atoms with Gasteiger partial charge in [0.05, 0.1) is 0 Å². The van der Waals surface area contributed by atoms with Crippen LogP contribution in [0.5, 0.6) is 0 Å². The van der Waals surface area contributed by atoms with Crippen molar-refractivity contribution in [3.05, 3.63) is 34.9 Å². The number of aryl methyl sites for hydroxylation is 3. The van der Waals surface area contributed by atoms with Gasteiger partial charge in [0.1, 0.15) is 0 Å². The van der Waals surface area contributed by atoms with Crippen molar-refractivity contribution in [2.75, 3.05) is 6.61 Å². The Morgan fingerprint density at radius 1 is 1.00 bits per heavy atom. The van der Waals surface area contributed by atoms with Crippen molar-refractivity contribution in [2.45, 2.75) is 44.9 Å². The molecule has 0 fully saturated rings. The Hall–Kier alpha value is -0.820. The van der Waals surface area contributed by atoms with E-state index < -0.39 is 0 Å². The van der Waals surface area contributed by atoms with E-state index in [0.717, 1.165) is 19.3 Å². The fourth-order valence-electron chi connectivity index (χ4n) is 2.38. The summed E-state index contributed by atoms with van der Waals surface area (Å²) in [6.45, 7) is 0.324. The van der Waals surface area contributed by atoms with Gasteiger partial charge in [0.2, 0.25) is 0 Å². The van der Waals surface area contributed by atoms with Crippen molar-refractivity contribution < 1.29 is 5.11 Å². The molecule has 15 heavy (non-hydrogen) atoms. The molecule has 1 aliphatic rings. The molecule has 1 aliphatic carbocycles. The highest BCUT2D eigenvalue weighted by Gasteiger charge is 2.08. The summed E-state index contributed by atoms with van der Waals surface area (Å²) >= 11 is 0. The molecule has 0 saturated carbocycles. The summed E-state index contributed by atoms with van der Waals surface area (Å²) in [5.74, 6) is 0. The lowest BCUT2D eigenvalue weighted by Gasteiger charge is -2.16. The first kappa shape index (κ1) is 10.7. The van der Waals surface area contributed by atoms with E-state index in [9.17, 15) is 0 Å². The summed E-state index contributed by atoms with van der Waals surface area (Å²) in [7, 11) is 0. The third-order valence-corrected chi connectivity index (χ3v) is 3.29. The van der Waals surface area contributed by atoms with Crippen molar-refractivity contribution in [1.29, 1.82) is 0 Å². The van der Waals surface area contributed by atoms with Crippen LogP contribution in [-0.4, -0.2) is 11.7 Å². The monoisotopic (exact) mass is 204 g/mol. The number of hydrogen-bond donors (Lipinski definition) is 1. The fourth-order valence-corrected chi connectivity index (χ4v) is 2.38. The van der Waals surface area contributed by atoms with Crippen LogP contribution < -0.4 is 0 Å². The Balaban J connectivity index is 2.00. The zero-order chi connectivity index (χ0) is 10.5. The van der Waals surface area contributed by atoms with E-state index in [-0.39, 0.29) is 0 Å². The van der Waals surface area contributed by atoms with Gasteiger partial charge in [0.15, 0.2) is 0 Å². The minimum absolute atomic E-state index is 0.324. The summed E-state index contributed by atoms with van der Waals surface area (Å²) < 4.78 is 0. The number of hydrogen-bond acceptors (Lipinski definition) is 1. The van der Waals surface area contributed by atoms with E-state index >= 15 is 0 Å². The van der Waals surface area contributed by atoms with Gasteiger partial charge in [-0.25, -0.2) is 0 Å². The normalized spacial score (nSPS) is 15.0.